The molecule has 122 valence electrons. The van der Waals surface area contributed by atoms with Gasteiger partial charge in [-0.2, -0.15) is 0 Å². The Kier molecular flexibility index (Phi) is 3.28. The third-order valence-electron chi connectivity index (χ3n) is 4.19. The standard InChI is InChI=1S/C20H12O5/c21-19(22)14-8-4-7-13-16-12(11-5-2-1-3-6-11)9-10-15(20(23)24)18(16)25-17(13)14/h1-10H,(H,21,22)(H,23,24). The van der Waals surface area contributed by atoms with Gasteiger partial charge in [-0.3, -0.25) is 0 Å². The van der Waals surface area contributed by atoms with Crippen molar-refractivity contribution in [2.75, 3.05) is 0 Å². The summed E-state index contributed by atoms with van der Waals surface area (Å²) in [6, 6.07) is 17.5. The van der Waals surface area contributed by atoms with Crippen LogP contribution in [0.15, 0.2) is 65.1 Å². The van der Waals surface area contributed by atoms with Crippen LogP contribution in [0.4, 0.5) is 0 Å². The van der Waals surface area contributed by atoms with Crippen molar-refractivity contribution >= 4 is 33.9 Å². The maximum absolute atomic E-state index is 11.6. The smallest absolute Gasteiger partial charge is 0.339 e. The highest BCUT2D eigenvalue weighted by Gasteiger charge is 2.22. The van der Waals surface area contributed by atoms with Gasteiger partial charge < -0.3 is 14.6 Å². The van der Waals surface area contributed by atoms with Crippen molar-refractivity contribution in [1.29, 1.82) is 0 Å². The van der Waals surface area contributed by atoms with Crippen molar-refractivity contribution in [1.82, 2.24) is 0 Å². The number of hydrogen-bond acceptors (Lipinski definition) is 3. The molecule has 0 aliphatic rings. The fourth-order valence-corrected chi connectivity index (χ4v) is 3.10. The number of carbonyl (C=O) groups is 2. The molecule has 1 heterocycles. The van der Waals surface area contributed by atoms with E-state index in [1.807, 2.05) is 30.3 Å². The third-order valence-corrected chi connectivity index (χ3v) is 4.19. The van der Waals surface area contributed by atoms with Crippen LogP contribution in [0.5, 0.6) is 0 Å². The zero-order valence-corrected chi connectivity index (χ0v) is 12.9. The molecule has 0 fully saturated rings. The first kappa shape index (κ1) is 15.0. The summed E-state index contributed by atoms with van der Waals surface area (Å²) in [6.45, 7) is 0. The Balaban J connectivity index is 2.21. The summed E-state index contributed by atoms with van der Waals surface area (Å²) in [5.74, 6) is -2.25. The normalized spacial score (nSPS) is 11.0. The molecule has 1 aromatic heterocycles. The van der Waals surface area contributed by atoms with Gasteiger partial charge in [0.05, 0.1) is 0 Å². The predicted octanol–water partition coefficient (Wildman–Crippen LogP) is 4.65. The maximum Gasteiger partial charge on any atom is 0.339 e. The van der Waals surface area contributed by atoms with Crippen molar-refractivity contribution in [2.45, 2.75) is 0 Å². The van der Waals surface area contributed by atoms with E-state index in [0.29, 0.717) is 10.8 Å². The minimum absolute atomic E-state index is 0.00206. The zero-order chi connectivity index (χ0) is 17.6. The number of rotatable bonds is 3. The molecular weight excluding hydrogens is 320 g/mol. The lowest BCUT2D eigenvalue weighted by atomic mass is 9.97. The number of carboxylic acid groups (broad SMARTS) is 2. The van der Waals surface area contributed by atoms with Crippen LogP contribution in [0.2, 0.25) is 0 Å². The van der Waals surface area contributed by atoms with E-state index < -0.39 is 11.9 Å². The number of aromatic carboxylic acids is 2. The average molecular weight is 332 g/mol. The summed E-state index contributed by atoms with van der Waals surface area (Å²) in [7, 11) is 0. The topological polar surface area (TPSA) is 87.7 Å². The van der Waals surface area contributed by atoms with E-state index in [2.05, 4.69) is 0 Å². The SMILES string of the molecule is O=C(O)c1cccc2c1oc1c(C(=O)O)ccc(-c3ccccc3)c12. The summed E-state index contributed by atoms with van der Waals surface area (Å²) in [6.07, 6.45) is 0. The van der Waals surface area contributed by atoms with E-state index in [1.165, 1.54) is 12.1 Å². The second-order valence-corrected chi connectivity index (χ2v) is 5.63. The molecule has 0 aliphatic heterocycles. The van der Waals surface area contributed by atoms with Crippen molar-refractivity contribution in [3.05, 3.63) is 71.8 Å². The lowest BCUT2D eigenvalue weighted by molar-refractivity contribution is 0.0688. The summed E-state index contributed by atoms with van der Waals surface area (Å²) in [5.41, 5.74) is 2.05. The molecule has 0 saturated heterocycles. The molecule has 0 spiro atoms. The Morgan fingerprint density at radius 2 is 1.40 bits per heavy atom. The molecule has 0 aliphatic carbocycles. The third kappa shape index (κ3) is 2.25. The van der Waals surface area contributed by atoms with Gasteiger partial charge in [0.25, 0.3) is 0 Å². The Morgan fingerprint density at radius 1 is 0.720 bits per heavy atom. The highest BCUT2D eigenvalue weighted by atomic mass is 16.4. The van der Waals surface area contributed by atoms with Gasteiger partial charge in [0.2, 0.25) is 0 Å². The Hall–Kier alpha value is -3.60. The Bertz CT molecular complexity index is 1140. The van der Waals surface area contributed by atoms with E-state index in [0.717, 1.165) is 11.1 Å². The lowest BCUT2D eigenvalue weighted by Crippen LogP contribution is -1.96. The molecule has 5 heteroatoms. The van der Waals surface area contributed by atoms with Gasteiger partial charge in [-0.05, 0) is 23.3 Å². The first-order valence-corrected chi connectivity index (χ1v) is 7.58. The fraction of sp³-hybridized carbons (Fsp3) is 0. The molecule has 0 atom stereocenters. The second-order valence-electron chi connectivity index (χ2n) is 5.63. The highest BCUT2D eigenvalue weighted by Crippen LogP contribution is 2.39. The van der Waals surface area contributed by atoms with Gasteiger partial charge in [0.15, 0.2) is 5.58 Å². The molecular formula is C20H12O5. The monoisotopic (exact) mass is 332 g/mol. The number of carboxylic acids is 2. The van der Waals surface area contributed by atoms with Crippen LogP contribution in [0.1, 0.15) is 20.7 Å². The van der Waals surface area contributed by atoms with E-state index >= 15 is 0 Å². The quantitative estimate of drug-likeness (QED) is 0.570. The van der Waals surface area contributed by atoms with Crippen LogP contribution in [0.25, 0.3) is 33.1 Å². The Labute approximate surface area is 141 Å². The Morgan fingerprint density at radius 3 is 2.08 bits per heavy atom. The van der Waals surface area contributed by atoms with Crippen LogP contribution in [0.3, 0.4) is 0 Å². The number of para-hydroxylation sites is 1. The largest absolute Gasteiger partial charge is 0.478 e. The van der Waals surface area contributed by atoms with Gasteiger partial charge in [0, 0.05) is 10.8 Å². The highest BCUT2D eigenvalue weighted by molar-refractivity contribution is 6.19. The summed E-state index contributed by atoms with van der Waals surface area (Å²) in [5, 5.41) is 20.0. The zero-order valence-electron chi connectivity index (χ0n) is 12.9. The molecule has 0 unspecified atom stereocenters. The lowest BCUT2D eigenvalue weighted by Gasteiger charge is -2.05. The predicted molar refractivity (Wildman–Crippen MR) is 93.1 cm³/mol. The molecule has 4 rings (SSSR count). The first-order valence-electron chi connectivity index (χ1n) is 7.58. The summed E-state index contributed by atoms with van der Waals surface area (Å²) in [4.78, 5) is 23.1. The molecule has 0 bridgehead atoms. The minimum atomic E-state index is -1.12. The van der Waals surface area contributed by atoms with Gasteiger partial charge in [-0.1, -0.05) is 48.5 Å². The summed E-state index contributed by atoms with van der Waals surface area (Å²) < 4.78 is 5.74. The molecule has 2 N–H and O–H groups in total. The molecule has 0 radical (unpaired) electrons. The molecule has 4 aromatic rings. The molecule has 3 aromatic carbocycles. The average Bonchev–Trinajstić information content (AvgIpc) is 3.00. The van der Waals surface area contributed by atoms with Crippen LogP contribution < -0.4 is 0 Å². The van der Waals surface area contributed by atoms with E-state index in [9.17, 15) is 19.8 Å². The van der Waals surface area contributed by atoms with Crippen LogP contribution in [-0.2, 0) is 0 Å². The number of benzene rings is 3. The van der Waals surface area contributed by atoms with E-state index in [-0.39, 0.29) is 22.3 Å². The number of fused-ring (bicyclic) bond motifs is 3. The molecule has 0 amide bonds. The first-order chi connectivity index (χ1) is 12.1. The number of hydrogen-bond donors (Lipinski definition) is 2. The minimum Gasteiger partial charge on any atom is -0.478 e. The van der Waals surface area contributed by atoms with Gasteiger partial charge in [-0.15, -0.1) is 0 Å². The van der Waals surface area contributed by atoms with E-state index in [4.69, 9.17) is 4.42 Å². The van der Waals surface area contributed by atoms with Crippen molar-refractivity contribution in [3.8, 4) is 11.1 Å². The van der Waals surface area contributed by atoms with Crippen molar-refractivity contribution in [2.24, 2.45) is 0 Å². The van der Waals surface area contributed by atoms with Crippen LogP contribution in [0, 0.1) is 0 Å². The number of furan rings is 1. The van der Waals surface area contributed by atoms with Gasteiger partial charge in [0.1, 0.15) is 16.7 Å². The molecule has 5 nitrogen and oxygen atoms in total. The van der Waals surface area contributed by atoms with Crippen molar-refractivity contribution in [3.63, 3.8) is 0 Å². The van der Waals surface area contributed by atoms with Gasteiger partial charge in [-0.25, -0.2) is 9.59 Å². The van der Waals surface area contributed by atoms with Crippen molar-refractivity contribution < 1.29 is 24.2 Å². The summed E-state index contributed by atoms with van der Waals surface area (Å²) >= 11 is 0. The second kappa shape index (κ2) is 5.49. The van der Waals surface area contributed by atoms with Crippen LogP contribution in [-0.4, -0.2) is 22.2 Å². The fourth-order valence-electron chi connectivity index (χ4n) is 3.10. The van der Waals surface area contributed by atoms with Crippen LogP contribution >= 0.6 is 0 Å². The molecule has 25 heavy (non-hydrogen) atoms. The molecule has 0 saturated carbocycles. The van der Waals surface area contributed by atoms with E-state index in [1.54, 1.807) is 18.2 Å². The van der Waals surface area contributed by atoms with Gasteiger partial charge >= 0.3 is 11.9 Å². The maximum atomic E-state index is 11.6.